The first-order valence-corrected chi connectivity index (χ1v) is 14.0. The third kappa shape index (κ3) is 5.62. The topological polar surface area (TPSA) is 109 Å². The Balaban J connectivity index is 1.59. The van der Waals surface area contributed by atoms with E-state index in [2.05, 4.69) is 11.9 Å². The minimum absolute atomic E-state index is 0.0277. The first-order valence-electron chi connectivity index (χ1n) is 13.1. The number of ketones is 1. The van der Waals surface area contributed by atoms with Crippen molar-refractivity contribution in [3.05, 3.63) is 21.7 Å². The van der Waals surface area contributed by atoms with Gasteiger partial charge in [-0.25, -0.2) is 4.98 Å². The van der Waals surface area contributed by atoms with Crippen LogP contribution in [0.4, 0.5) is 0 Å². The molecule has 3 heterocycles. The van der Waals surface area contributed by atoms with Crippen molar-refractivity contribution in [1.82, 2.24) is 4.98 Å². The number of aliphatic hydroxyl groups is 2. The summed E-state index contributed by atoms with van der Waals surface area (Å²) in [5, 5.41) is 24.9. The van der Waals surface area contributed by atoms with Gasteiger partial charge in [-0.2, -0.15) is 0 Å². The Morgan fingerprint density at radius 3 is 2.53 bits per heavy atom. The molecule has 2 saturated heterocycles. The molecule has 200 valence electrons. The van der Waals surface area contributed by atoms with Gasteiger partial charge in [0.15, 0.2) is 0 Å². The number of carbonyl (C=O) groups excluding carboxylic acids is 2. The number of carbonyl (C=O) groups is 2. The fourth-order valence-corrected chi connectivity index (χ4v) is 6.54. The van der Waals surface area contributed by atoms with E-state index in [-0.39, 0.29) is 29.8 Å². The first kappa shape index (κ1) is 27.4. The number of fused-ring (bicyclic) bond motifs is 2. The number of hydrogen-bond donors (Lipinski definition) is 2. The molecule has 0 spiro atoms. The summed E-state index contributed by atoms with van der Waals surface area (Å²) in [4.78, 5) is 30.8. The zero-order chi connectivity index (χ0) is 26.6. The predicted octanol–water partition coefficient (Wildman–Crippen LogP) is 4.33. The molecule has 0 bridgehead atoms. The SMILES string of the molecule is CC(=Cc1csc(C)n1)[C@@H]1C[C@@H]2O[C@]2(C)C[C@@H]2C[C@H]2[C@H](C)[C@H](O)[C@@H](C)C(=O)C(C)(C)[C@@H](O)CC(=O)O1. The number of nitrogens with zero attached hydrogens (tertiary/aromatic N) is 1. The molecule has 9 atom stereocenters. The molecule has 0 unspecified atom stereocenters. The lowest BCUT2D eigenvalue weighted by molar-refractivity contribution is -0.154. The second-order valence-corrected chi connectivity index (χ2v) is 13.2. The Labute approximate surface area is 218 Å². The predicted molar refractivity (Wildman–Crippen MR) is 138 cm³/mol. The van der Waals surface area contributed by atoms with E-state index in [1.165, 1.54) is 0 Å². The fourth-order valence-electron chi connectivity index (χ4n) is 5.97. The van der Waals surface area contributed by atoms with E-state index in [1.54, 1.807) is 32.1 Å². The molecule has 3 aliphatic rings. The lowest BCUT2D eigenvalue weighted by Gasteiger charge is -2.34. The maximum Gasteiger partial charge on any atom is 0.309 e. The van der Waals surface area contributed by atoms with Gasteiger partial charge in [-0.15, -0.1) is 11.3 Å². The van der Waals surface area contributed by atoms with E-state index >= 15 is 0 Å². The minimum Gasteiger partial charge on any atom is -0.458 e. The number of Topliss-reactive ketones (excluding diaryl/α,β-unsaturated/α-hetero) is 1. The summed E-state index contributed by atoms with van der Waals surface area (Å²) < 4.78 is 12.1. The normalized spacial score (nSPS) is 41.8. The van der Waals surface area contributed by atoms with E-state index in [4.69, 9.17) is 9.47 Å². The van der Waals surface area contributed by atoms with Crippen LogP contribution < -0.4 is 0 Å². The number of rotatable bonds is 2. The number of aromatic nitrogens is 1. The van der Waals surface area contributed by atoms with Crippen LogP contribution in [0.1, 0.15) is 77.9 Å². The van der Waals surface area contributed by atoms with Gasteiger partial charge in [-0.3, -0.25) is 9.59 Å². The largest absolute Gasteiger partial charge is 0.458 e. The van der Waals surface area contributed by atoms with Crippen LogP contribution >= 0.6 is 11.3 Å². The van der Waals surface area contributed by atoms with Gasteiger partial charge in [0, 0.05) is 17.7 Å². The highest BCUT2D eigenvalue weighted by molar-refractivity contribution is 7.09. The summed E-state index contributed by atoms with van der Waals surface area (Å²) in [6, 6.07) is 0. The molecule has 1 aromatic rings. The highest BCUT2D eigenvalue weighted by Crippen LogP contribution is 2.56. The van der Waals surface area contributed by atoms with Gasteiger partial charge in [0.25, 0.3) is 0 Å². The molecule has 36 heavy (non-hydrogen) atoms. The van der Waals surface area contributed by atoms with E-state index in [9.17, 15) is 19.8 Å². The summed E-state index contributed by atoms with van der Waals surface area (Å²) in [6.45, 7) is 13.0. The Morgan fingerprint density at radius 2 is 1.89 bits per heavy atom. The third-order valence-corrected chi connectivity index (χ3v) is 9.66. The Kier molecular flexibility index (Phi) is 7.57. The highest BCUT2D eigenvalue weighted by Gasteiger charge is 2.58. The van der Waals surface area contributed by atoms with Gasteiger partial charge in [0.05, 0.1) is 46.5 Å². The molecular weight excluding hydrogens is 478 g/mol. The van der Waals surface area contributed by atoms with Crippen LogP contribution in [0.2, 0.25) is 0 Å². The van der Waals surface area contributed by atoms with Crippen molar-refractivity contribution in [2.45, 2.75) is 104 Å². The maximum atomic E-state index is 13.3. The van der Waals surface area contributed by atoms with Crippen molar-refractivity contribution < 1.29 is 29.3 Å². The summed E-state index contributed by atoms with van der Waals surface area (Å²) in [6.07, 6.45) is 1.49. The van der Waals surface area contributed by atoms with E-state index in [0.29, 0.717) is 18.3 Å². The van der Waals surface area contributed by atoms with Crippen molar-refractivity contribution in [3.8, 4) is 0 Å². The quantitative estimate of drug-likeness (QED) is 0.442. The van der Waals surface area contributed by atoms with Crippen molar-refractivity contribution in [1.29, 1.82) is 0 Å². The Hall–Kier alpha value is -1.61. The molecule has 2 aliphatic heterocycles. The maximum absolute atomic E-state index is 13.3. The molecule has 0 amide bonds. The third-order valence-electron chi connectivity index (χ3n) is 8.87. The zero-order valence-electron chi connectivity index (χ0n) is 22.5. The standard InChI is InChI=1S/C28H41NO6S/c1-14(8-19-13-36-17(4)29-19)21-10-23-28(7,35-23)12-18-9-20(18)15(2)25(32)16(3)26(33)27(5,6)22(30)11-24(31)34-21/h8,13,15-16,18,20-23,25,30,32H,9-12H2,1-7H3/t15-,16+,18-,20-,21-,22-,23-,25-,28+/m0/s1. The van der Waals surface area contributed by atoms with Gasteiger partial charge in [-0.05, 0) is 63.0 Å². The molecule has 3 fully saturated rings. The van der Waals surface area contributed by atoms with Crippen LogP contribution in [0.3, 0.4) is 0 Å². The first-order chi connectivity index (χ1) is 16.7. The molecular formula is C28H41NO6S. The van der Waals surface area contributed by atoms with Crippen LogP contribution in [0.5, 0.6) is 0 Å². The average molecular weight is 520 g/mol. The second-order valence-electron chi connectivity index (χ2n) is 12.1. The van der Waals surface area contributed by atoms with Gasteiger partial charge in [0.2, 0.25) is 0 Å². The number of cyclic esters (lactones) is 1. The molecule has 2 N–H and O–H groups in total. The van der Waals surface area contributed by atoms with E-state index < -0.39 is 35.6 Å². The molecule has 0 radical (unpaired) electrons. The molecule has 0 aromatic carbocycles. The van der Waals surface area contributed by atoms with E-state index in [0.717, 1.165) is 29.1 Å². The lowest BCUT2D eigenvalue weighted by atomic mass is 9.72. The number of esters is 1. The van der Waals surface area contributed by atoms with Crippen LogP contribution in [-0.2, 0) is 19.1 Å². The average Bonchev–Trinajstić information content (AvgIpc) is 3.66. The zero-order valence-corrected chi connectivity index (χ0v) is 23.3. The fraction of sp³-hybridized carbons (Fsp3) is 0.750. The van der Waals surface area contributed by atoms with Crippen LogP contribution in [-0.4, -0.2) is 57.0 Å². The van der Waals surface area contributed by atoms with Gasteiger partial charge in [0.1, 0.15) is 11.9 Å². The van der Waals surface area contributed by atoms with Crippen molar-refractivity contribution in [2.24, 2.45) is 29.1 Å². The van der Waals surface area contributed by atoms with Gasteiger partial charge < -0.3 is 19.7 Å². The van der Waals surface area contributed by atoms with Crippen LogP contribution in [0, 0.1) is 36.0 Å². The summed E-state index contributed by atoms with van der Waals surface area (Å²) in [5.74, 6) is -0.686. The smallest absolute Gasteiger partial charge is 0.309 e. The number of aliphatic hydroxyl groups excluding tert-OH is 2. The number of aryl methyl sites for hydroxylation is 1. The lowest BCUT2D eigenvalue weighted by Crippen LogP contribution is -2.46. The van der Waals surface area contributed by atoms with Crippen molar-refractivity contribution in [2.75, 3.05) is 0 Å². The second kappa shape index (κ2) is 9.93. The summed E-state index contributed by atoms with van der Waals surface area (Å²) >= 11 is 1.56. The molecule has 8 heteroatoms. The van der Waals surface area contributed by atoms with Gasteiger partial charge >= 0.3 is 5.97 Å². The minimum atomic E-state index is -1.22. The molecule has 4 rings (SSSR count). The number of hydrogen-bond acceptors (Lipinski definition) is 8. The molecule has 7 nitrogen and oxygen atoms in total. The number of epoxide rings is 1. The Bertz CT molecular complexity index is 1030. The molecule has 1 aromatic heterocycles. The van der Waals surface area contributed by atoms with Gasteiger partial charge in [-0.1, -0.05) is 27.7 Å². The van der Waals surface area contributed by atoms with Crippen LogP contribution in [0.15, 0.2) is 11.0 Å². The molecule has 1 aliphatic carbocycles. The van der Waals surface area contributed by atoms with Crippen molar-refractivity contribution >= 4 is 29.2 Å². The monoisotopic (exact) mass is 519 g/mol. The molecule has 1 saturated carbocycles. The Morgan fingerprint density at radius 1 is 1.19 bits per heavy atom. The highest BCUT2D eigenvalue weighted by atomic mass is 32.1. The number of thiazole rings is 1. The van der Waals surface area contributed by atoms with Crippen molar-refractivity contribution in [3.63, 3.8) is 0 Å². The van der Waals surface area contributed by atoms with Crippen LogP contribution in [0.25, 0.3) is 6.08 Å². The number of ether oxygens (including phenoxy) is 2. The van der Waals surface area contributed by atoms with E-state index in [1.807, 2.05) is 32.2 Å². The summed E-state index contributed by atoms with van der Waals surface area (Å²) in [5.41, 5.74) is 0.209. The summed E-state index contributed by atoms with van der Waals surface area (Å²) in [7, 11) is 0.